The van der Waals surface area contributed by atoms with Gasteiger partial charge in [-0.15, -0.1) is 11.3 Å². The number of sulfonamides is 1. The van der Waals surface area contributed by atoms with Gasteiger partial charge in [0.2, 0.25) is 21.7 Å². The summed E-state index contributed by atoms with van der Waals surface area (Å²) < 4.78 is 36.2. The average Bonchev–Trinajstić information content (AvgIpc) is 3.28. The maximum Gasteiger partial charge on any atom is 0.242 e. The fourth-order valence-electron chi connectivity index (χ4n) is 1.99. The Hall–Kier alpha value is -1.97. The topological polar surface area (TPSA) is 89.4 Å². The molecule has 0 aliphatic rings. The number of thiophene rings is 1. The Morgan fingerprint density at radius 2 is 2.13 bits per heavy atom. The molecule has 3 aromatic heterocycles. The van der Waals surface area contributed by atoms with Gasteiger partial charge >= 0.3 is 0 Å². The van der Waals surface area contributed by atoms with Crippen LogP contribution in [0.5, 0.6) is 0 Å². The van der Waals surface area contributed by atoms with Gasteiger partial charge in [0.1, 0.15) is 5.76 Å². The molecule has 9 heteroatoms. The maximum atomic E-state index is 12.3. The third kappa shape index (κ3) is 3.69. The van der Waals surface area contributed by atoms with Crippen molar-refractivity contribution in [3.63, 3.8) is 0 Å². The summed E-state index contributed by atoms with van der Waals surface area (Å²) in [5.41, 5.74) is 0. The molecule has 0 saturated carbocycles. The summed E-state index contributed by atoms with van der Waals surface area (Å²) in [7, 11) is -3.43. The molecular formula is C14H15N3O4S2. The van der Waals surface area contributed by atoms with Crippen molar-refractivity contribution >= 4 is 21.4 Å². The number of nitrogens with zero attached hydrogens (tertiary/aromatic N) is 3. The molecule has 0 atom stereocenters. The van der Waals surface area contributed by atoms with E-state index in [-0.39, 0.29) is 24.7 Å². The zero-order valence-electron chi connectivity index (χ0n) is 12.4. The predicted octanol–water partition coefficient (Wildman–Crippen LogP) is 2.74. The van der Waals surface area contributed by atoms with Crippen LogP contribution in [0.1, 0.15) is 18.6 Å². The molecule has 7 nitrogen and oxygen atoms in total. The first-order chi connectivity index (χ1) is 11.1. The van der Waals surface area contributed by atoms with E-state index in [0.717, 1.165) is 4.88 Å². The first-order valence-corrected chi connectivity index (χ1v) is 9.44. The highest BCUT2D eigenvalue weighted by molar-refractivity contribution is 7.89. The molecule has 0 radical (unpaired) electrons. The Morgan fingerprint density at radius 3 is 2.78 bits per heavy atom. The number of rotatable bonds is 7. The van der Waals surface area contributed by atoms with Crippen LogP contribution in [0, 0.1) is 0 Å². The van der Waals surface area contributed by atoms with Crippen LogP contribution in [0.25, 0.3) is 10.7 Å². The molecule has 0 aliphatic carbocycles. The molecule has 3 aromatic rings. The van der Waals surface area contributed by atoms with E-state index < -0.39 is 10.0 Å². The summed E-state index contributed by atoms with van der Waals surface area (Å²) in [5, 5.41) is 5.81. The lowest BCUT2D eigenvalue weighted by Gasteiger charge is -2.18. The lowest BCUT2D eigenvalue weighted by molar-refractivity contribution is 0.298. The molecule has 0 aliphatic heterocycles. The second kappa shape index (κ2) is 6.65. The van der Waals surface area contributed by atoms with Crippen LogP contribution in [0.3, 0.4) is 0 Å². The molecule has 0 amide bonds. The Kier molecular flexibility index (Phi) is 4.60. The molecule has 3 rings (SSSR count). The third-order valence-electron chi connectivity index (χ3n) is 3.19. The number of hydrogen-bond donors (Lipinski definition) is 0. The molecule has 23 heavy (non-hydrogen) atoms. The molecule has 0 spiro atoms. The predicted molar refractivity (Wildman–Crippen MR) is 85.0 cm³/mol. The van der Waals surface area contributed by atoms with Crippen molar-refractivity contribution < 1.29 is 17.4 Å². The first-order valence-electron chi connectivity index (χ1n) is 6.95. The Bertz CT molecular complexity index is 839. The largest absolute Gasteiger partial charge is 0.468 e. The highest BCUT2D eigenvalue weighted by Crippen LogP contribution is 2.22. The Morgan fingerprint density at radius 1 is 1.26 bits per heavy atom. The Balaban J connectivity index is 1.81. The molecule has 3 heterocycles. The van der Waals surface area contributed by atoms with E-state index in [0.29, 0.717) is 11.6 Å². The van der Waals surface area contributed by atoms with E-state index in [9.17, 15) is 8.42 Å². The van der Waals surface area contributed by atoms with E-state index in [2.05, 4.69) is 10.1 Å². The summed E-state index contributed by atoms with van der Waals surface area (Å²) in [4.78, 5) is 5.14. The summed E-state index contributed by atoms with van der Waals surface area (Å²) >= 11 is 1.49. The first kappa shape index (κ1) is 15.9. The number of furan rings is 1. The number of aromatic nitrogens is 2. The van der Waals surface area contributed by atoms with E-state index in [1.54, 1.807) is 19.1 Å². The summed E-state index contributed by atoms with van der Waals surface area (Å²) in [6.07, 6.45) is 1.51. The molecule has 0 N–H and O–H groups in total. The van der Waals surface area contributed by atoms with Crippen LogP contribution in [0.15, 0.2) is 44.8 Å². The highest BCUT2D eigenvalue weighted by atomic mass is 32.2. The second-order valence-electron chi connectivity index (χ2n) is 4.74. The zero-order chi connectivity index (χ0) is 16.3. The number of hydrogen-bond acceptors (Lipinski definition) is 7. The van der Waals surface area contributed by atoms with Crippen molar-refractivity contribution in [1.29, 1.82) is 0 Å². The average molecular weight is 353 g/mol. The Labute approximate surface area is 137 Å². The molecule has 122 valence electrons. The second-order valence-corrected chi connectivity index (χ2v) is 7.94. The van der Waals surface area contributed by atoms with Crippen molar-refractivity contribution in [1.82, 2.24) is 14.4 Å². The van der Waals surface area contributed by atoms with Gasteiger partial charge in [-0.3, -0.25) is 0 Å². The van der Waals surface area contributed by atoms with E-state index in [4.69, 9.17) is 8.94 Å². The molecule has 0 bridgehead atoms. The molecule has 0 unspecified atom stereocenters. The highest BCUT2D eigenvalue weighted by Gasteiger charge is 2.24. The van der Waals surface area contributed by atoms with Crippen molar-refractivity contribution in [2.45, 2.75) is 20.0 Å². The quantitative estimate of drug-likeness (QED) is 0.649. The van der Waals surface area contributed by atoms with E-state index >= 15 is 0 Å². The minimum absolute atomic E-state index is 0.00918. The summed E-state index contributed by atoms with van der Waals surface area (Å²) in [6, 6.07) is 7.21. The fraction of sp³-hybridized carbons (Fsp3) is 0.286. The van der Waals surface area contributed by atoms with Gasteiger partial charge in [0.15, 0.2) is 0 Å². The SMILES string of the molecule is CCS(=O)(=O)N(Cc1ccco1)Cc1nc(-c2cccs2)no1. The minimum atomic E-state index is -3.43. The molecule has 0 fully saturated rings. The standard InChI is InChI=1S/C14H15N3O4S2/c1-2-23(18,19)17(9-11-5-3-7-20-11)10-13-15-14(16-21-13)12-6-4-8-22-12/h3-8H,2,9-10H2,1H3. The smallest absolute Gasteiger partial charge is 0.242 e. The zero-order valence-corrected chi connectivity index (χ0v) is 14.0. The van der Waals surface area contributed by atoms with Gasteiger partial charge in [-0.25, -0.2) is 8.42 Å². The minimum Gasteiger partial charge on any atom is -0.468 e. The van der Waals surface area contributed by atoms with Gasteiger partial charge in [-0.2, -0.15) is 9.29 Å². The normalized spacial score (nSPS) is 12.1. The van der Waals surface area contributed by atoms with Gasteiger partial charge in [-0.1, -0.05) is 11.2 Å². The van der Waals surface area contributed by atoms with Gasteiger partial charge in [0.05, 0.1) is 30.0 Å². The van der Waals surface area contributed by atoms with Crippen LogP contribution in [0.4, 0.5) is 0 Å². The van der Waals surface area contributed by atoms with E-state index in [1.807, 2.05) is 17.5 Å². The van der Waals surface area contributed by atoms with Gasteiger partial charge in [-0.05, 0) is 30.5 Å². The van der Waals surface area contributed by atoms with Crippen LogP contribution >= 0.6 is 11.3 Å². The van der Waals surface area contributed by atoms with Gasteiger partial charge in [0, 0.05) is 0 Å². The van der Waals surface area contributed by atoms with Gasteiger partial charge < -0.3 is 8.94 Å². The maximum absolute atomic E-state index is 12.3. The van der Waals surface area contributed by atoms with E-state index in [1.165, 1.54) is 21.9 Å². The van der Waals surface area contributed by atoms with Crippen molar-refractivity contribution in [2.24, 2.45) is 0 Å². The molecule has 0 saturated heterocycles. The molecule has 0 aromatic carbocycles. The summed E-state index contributed by atoms with van der Waals surface area (Å²) in [6.45, 7) is 1.73. The molecular weight excluding hydrogens is 338 g/mol. The lowest BCUT2D eigenvalue weighted by Crippen LogP contribution is -2.31. The van der Waals surface area contributed by atoms with Crippen LogP contribution in [0.2, 0.25) is 0 Å². The van der Waals surface area contributed by atoms with Crippen molar-refractivity contribution in [3.05, 3.63) is 47.6 Å². The third-order valence-corrected chi connectivity index (χ3v) is 5.83. The van der Waals surface area contributed by atoms with Gasteiger partial charge in [0.25, 0.3) is 0 Å². The van der Waals surface area contributed by atoms with Crippen LogP contribution < -0.4 is 0 Å². The monoisotopic (exact) mass is 353 g/mol. The van der Waals surface area contributed by atoms with Crippen LogP contribution in [-0.2, 0) is 23.1 Å². The fourth-order valence-corrected chi connectivity index (χ4v) is 3.63. The van der Waals surface area contributed by atoms with Crippen molar-refractivity contribution in [3.8, 4) is 10.7 Å². The lowest BCUT2D eigenvalue weighted by atomic mass is 10.4. The summed E-state index contributed by atoms with van der Waals surface area (Å²) in [5.74, 6) is 1.25. The van der Waals surface area contributed by atoms with Crippen molar-refractivity contribution in [2.75, 3.05) is 5.75 Å². The van der Waals surface area contributed by atoms with Crippen LogP contribution in [-0.4, -0.2) is 28.6 Å².